The largest absolute Gasteiger partial charge is 0.451 e. The number of hydrogen-bond donors (Lipinski definition) is 1. The summed E-state index contributed by atoms with van der Waals surface area (Å²) in [6, 6.07) is 9.96. The second-order valence-electron chi connectivity index (χ2n) is 8.00. The molecule has 1 aliphatic carbocycles. The molecule has 0 saturated heterocycles. The van der Waals surface area contributed by atoms with Gasteiger partial charge in [-0.25, -0.2) is 4.68 Å². The summed E-state index contributed by atoms with van der Waals surface area (Å²) in [6.45, 7) is 0. The molecule has 0 aliphatic heterocycles. The van der Waals surface area contributed by atoms with Crippen LogP contribution in [0.25, 0.3) is 28.4 Å². The van der Waals surface area contributed by atoms with E-state index in [1.54, 1.807) is 29.2 Å². The third kappa shape index (κ3) is 3.53. The van der Waals surface area contributed by atoms with Gasteiger partial charge < -0.3 is 15.1 Å². The molecule has 2 N–H and O–H groups in total. The van der Waals surface area contributed by atoms with E-state index in [1.807, 2.05) is 35.3 Å². The molecule has 0 unspecified atom stereocenters. The summed E-state index contributed by atoms with van der Waals surface area (Å²) >= 11 is 0. The molecule has 1 saturated carbocycles. The molecule has 31 heavy (non-hydrogen) atoms. The Labute approximate surface area is 179 Å². The minimum absolute atomic E-state index is 0.116. The molecule has 0 bridgehead atoms. The first-order chi connectivity index (χ1) is 15.0. The minimum Gasteiger partial charge on any atom is -0.451 e. The van der Waals surface area contributed by atoms with Crippen LogP contribution in [-0.2, 0) is 0 Å². The number of primary amides is 1. The van der Waals surface area contributed by atoms with Crippen LogP contribution in [-0.4, -0.2) is 55.5 Å². The highest BCUT2D eigenvalue weighted by atomic mass is 16.3. The van der Waals surface area contributed by atoms with Crippen molar-refractivity contribution >= 4 is 5.91 Å². The van der Waals surface area contributed by atoms with Gasteiger partial charge in [-0.05, 0) is 51.2 Å². The number of carbonyl (C=O) groups is 1. The molecular formula is C22H23N7O2. The molecule has 0 radical (unpaired) electrons. The fourth-order valence-electron chi connectivity index (χ4n) is 3.83. The van der Waals surface area contributed by atoms with Gasteiger partial charge in [-0.3, -0.25) is 14.5 Å². The Bertz CT molecular complexity index is 1220. The first-order valence-corrected chi connectivity index (χ1v) is 10.1. The topological polar surface area (TPSA) is 108 Å². The summed E-state index contributed by atoms with van der Waals surface area (Å²) in [7, 11) is 4.22. The van der Waals surface area contributed by atoms with E-state index in [0.29, 0.717) is 17.8 Å². The minimum atomic E-state index is -0.603. The predicted octanol–water partition coefficient (Wildman–Crippen LogP) is 2.75. The SMILES string of the molecule is CN(C)C1CC(n2cc(-n3cc(-c4ccc(C(N)=O)o4)cn3)c(-c3ccccn3)n2)C1. The Morgan fingerprint density at radius 1 is 1.19 bits per heavy atom. The van der Waals surface area contributed by atoms with Gasteiger partial charge in [0.2, 0.25) is 0 Å². The Kier molecular flexibility index (Phi) is 4.67. The predicted molar refractivity (Wildman–Crippen MR) is 115 cm³/mol. The fourth-order valence-corrected chi connectivity index (χ4v) is 3.83. The molecule has 158 valence electrons. The maximum atomic E-state index is 11.3. The van der Waals surface area contributed by atoms with Crippen LogP contribution in [0.2, 0.25) is 0 Å². The van der Waals surface area contributed by atoms with Crippen molar-refractivity contribution in [2.24, 2.45) is 5.73 Å². The third-order valence-electron chi connectivity index (χ3n) is 5.78. The number of nitrogens with two attached hydrogens (primary N) is 1. The summed E-state index contributed by atoms with van der Waals surface area (Å²) < 4.78 is 9.32. The van der Waals surface area contributed by atoms with Crippen LogP contribution >= 0.6 is 0 Å². The normalized spacial score (nSPS) is 18.3. The van der Waals surface area contributed by atoms with Gasteiger partial charge in [0.25, 0.3) is 5.91 Å². The molecule has 9 heteroatoms. The lowest BCUT2D eigenvalue weighted by Crippen LogP contribution is -2.41. The quantitative estimate of drug-likeness (QED) is 0.517. The van der Waals surface area contributed by atoms with Crippen LogP contribution < -0.4 is 5.73 Å². The highest BCUT2D eigenvalue weighted by molar-refractivity contribution is 5.90. The van der Waals surface area contributed by atoms with Gasteiger partial charge in [0.15, 0.2) is 5.76 Å². The molecule has 1 fully saturated rings. The number of nitrogens with zero attached hydrogens (tertiary/aromatic N) is 6. The van der Waals surface area contributed by atoms with Crippen LogP contribution in [0.5, 0.6) is 0 Å². The van der Waals surface area contributed by atoms with E-state index in [2.05, 4.69) is 29.1 Å². The second kappa shape index (κ2) is 7.51. The lowest BCUT2D eigenvalue weighted by Gasteiger charge is -2.39. The molecule has 1 aliphatic rings. The van der Waals surface area contributed by atoms with Crippen LogP contribution in [0.3, 0.4) is 0 Å². The van der Waals surface area contributed by atoms with Gasteiger partial charge in [-0.15, -0.1) is 0 Å². The average Bonchev–Trinajstić information content (AvgIpc) is 3.45. The number of amides is 1. The molecular weight excluding hydrogens is 394 g/mol. The highest BCUT2D eigenvalue weighted by Crippen LogP contribution is 2.36. The molecule has 5 rings (SSSR count). The van der Waals surface area contributed by atoms with E-state index < -0.39 is 5.91 Å². The monoisotopic (exact) mass is 417 g/mol. The summed E-state index contributed by atoms with van der Waals surface area (Å²) in [5.41, 5.74) is 8.41. The number of hydrogen-bond acceptors (Lipinski definition) is 6. The van der Waals surface area contributed by atoms with E-state index >= 15 is 0 Å². The van der Waals surface area contributed by atoms with Crippen molar-refractivity contribution in [2.45, 2.75) is 24.9 Å². The van der Waals surface area contributed by atoms with E-state index in [0.717, 1.165) is 35.5 Å². The first-order valence-electron chi connectivity index (χ1n) is 10.1. The molecule has 0 aromatic carbocycles. The Hall–Kier alpha value is -3.72. The van der Waals surface area contributed by atoms with E-state index in [1.165, 1.54) is 0 Å². The maximum absolute atomic E-state index is 11.3. The standard InChI is InChI=1S/C22H23N7O2/c1-27(2)15-9-16(10-15)28-13-18(21(26-28)17-5-3-4-8-24-17)29-12-14(11-25-29)19-6-7-20(31-19)22(23)30/h3-8,11-13,15-16H,9-10H2,1-2H3,(H2,23,30). The summed E-state index contributed by atoms with van der Waals surface area (Å²) in [6.07, 6.45) is 9.43. The zero-order chi connectivity index (χ0) is 21.5. The number of rotatable bonds is 6. The van der Waals surface area contributed by atoms with E-state index in [4.69, 9.17) is 15.2 Å². The maximum Gasteiger partial charge on any atom is 0.284 e. The van der Waals surface area contributed by atoms with Crippen LogP contribution in [0.1, 0.15) is 29.4 Å². The Morgan fingerprint density at radius 2 is 2.03 bits per heavy atom. The third-order valence-corrected chi connectivity index (χ3v) is 5.78. The van der Waals surface area contributed by atoms with Crippen molar-refractivity contribution in [1.29, 1.82) is 0 Å². The van der Waals surface area contributed by atoms with Crippen molar-refractivity contribution in [3.63, 3.8) is 0 Å². The van der Waals surface area contributed by atoms with Gasteiger partial charge in [0.05, 0.1) is 29.7 Å². The van der Waals surface area contributed by atoms with Crippen LogP contribution in [0.4, 0.5) is 0 Å². The van der Waals surface area contributed by atoms with Gasteiger partial charge in [-0.1, -0.05) is 6.07 Å². The number of aromatic nitrogens is 5. The van der Waals surface area contributed by atoms with Crippen molar-refractivity contribution in [2.75, 3.05) is 14.1 Å². The van der Waals surface area contributed by atoms with Crippen molar-refractivity contribution in [3.8, 4) is 28.4 Å². The summed E-state index contributed by atoms with van der Waals surface area (Å²) in [5, 5.41) is 9.39. The average molecular weight is 417 g/mol. The smallest absolute Gasteiger partial charge is 0.284 e. The van der Waals surface area contributed by atoms with E-state index in [9.17, 15) is 4.79 Å². The first kappa shape index (κ1) is 19.3. The lowest BCUT2D eigenvalue weighted by molar-refractivity contribution is 0.0974. The molecule has 4 aromatic rings. The number of pyridine rings is 1. The molecule has 1 amide bonds. The zero-order valence-electron chi connectivity index (χ0n) is 17.3. The van der Waals surface area contributed by atoms with Crippen molar-refractivity contribution in [3.05, 3.63) is 60.9 Å². The van der Waals surface area contributed by atoms with Crippen molar-refractivity contribution < 1.29 is 9.21 Å². The molecule has 4 aromatic heterocycles. The lowest BCUT2D eigenvalue weighted by atomic mass is 9.86. The van der Waals surface area contributed by atoms with Crippen LogP contribution in [0.15, 0.2) is 59.5 Å². The Morgan fingerprint density at radius 3 is 2.71 bits per heavy atom. The second-order valence-corrected chi connectivity index (χ2v) is 8.00. The number of carbonyl (C=O) groups excluding carboxylic acids is 1. The van der Waals surface area contributed by atoms with Gasteiger partial charge in [0, 0.05) is 18.4 Å². The van der Waals surface area contributed by atoms with E-state index in [-0.39, 0.29) is 5.76 Å². The molecule has 9 nitrogen and oxygen atoms in total. The highest BCUT2D eigenvalue weighted by Gasteiger charge is 2.33. The van der Waals surface area contributed by atoms with Crippen molar-refractivity contribution in [1.82, 2.24) is 29.4 Å². The molecule has 0 atom stereocenters. The van der Waals surface area contributed by atoms with Gasteiger partial charge >= 0.3 is 0 Å². The van der Waals surface area contributed by atoms with Gasteiger partial charge in [0.1, 0.15) is 17.1 Å². The Balaban J connectivity index is 1.51. The number of furan rings is 1. The molecule has 4 heterocycles. The molecule has 0 spiro atoms. The summed E-state index contributed by atoms with van der Waals surface area (Å²) in [4.78, 5) is 18.1. The van der Waals surface area contributed by atoms with Crippen LogP contribution in [0, 0.1) is 0 Å². The zero-order valence-corrected chi connectivity index (χ0v) is 17.3. The van der Waals surface area contributed by atoms with Gasteiger partial charge in [-0.2, -0.15) is 10.2 Å². The fraction of sp³-hybridized carbons (Fsp3) is 0.273. The summed E-state index contributed by atoms with van der Waals surface area (Å²) in [5.74, 6) is 0.0405.